The van der Waals surface area contributed by atoms with Crippen LogP contribution in [0, 0.1) is 5.92 Å². The van der Waals surface area contributed by atoms with Gasteiger partial charge in [0.2, 0.25) is 0 Å². The molecule has 2 unspecified atom stereocenters. The van der Waals surface area contributed by atoms with Crippen molar-refractivity contribution in [1.29, 1.82) is 0 Å². The standard InChI is InChI=1S/C10H20O3/c1-5-7-10(12,6-2)8(3)9(11)13-4/h8,12H,5-7H2,1-4H3. The highest BCUT2D eigenvalue weighted by molar-refractivity contribution is 5.73. The van der Waals surface area contributed by atoms with Crippen LogP contribution in [0.15, 0.2) is 0 Å². The summed E-state index contributed by atoms with van der Waals surface area (Å²) in [5.74, 6) is -0.778. The van der Waals surface area contributed by atoms with Crippen LogP contribution in [0.5, 0.6) is 0 Å². The Morgan fingerprint density at radius 1 is 1.54 bits per heavy atom. The minimum Gasteiger partial charge on any atom is -0.469 e. The largest absolute Gasteiger partial charge is 0.469 e. The van der Waals surface area contributed by atoms with Crippen molar-refractivity contribution in [3.8, 4) is 0 Å². The Kier molecular flexibility index (Phi) is 4.99. The third-order valence-corrected chi connectivity index (χ3v) is 2.66. The van der Waals surface area contributed by atoms with Gasteiger partial charge >= 0.3 is 5.97 Å². The van der Waals surface area contributed by atoms with Gasteiger partial charge in [0.05, 0.1) is 18.6 Å². The molecule has 1 N–H and O–H groups in total. The minimum atomic E-state index is -0.901. The number of esters is 1. The average molecular weight is 188 g/mol. The molecule has 0 aliphatic heterocycles. The van der Waals surface area contributed by atoms with E-state index in [0.29, 0.717) is 12.8 Å². The molecule has 13 heavy (non-hydrogen) atoms. The van der Waals surface area contributed by atoms with E-state index in [1.54, 1.807) is 6.92 Å². The Morgan fingerprint density at radius 3 is 2.38 bits per heavy atom. The van der Waals surface area contributed by atoms with Gasteiger partial charge in [-0.2, -0.15) is 0 Å². The molecule has 0 saturated heterocycles. The van der Waals surface area contributed by atoms with Gasteiger partial charge in [-0.05, 0) is 19.8 Å². The zero-order valence-corrected chi connectivity index (χ0v) is 8.96. The molecule has 0 fully saturated rings. The van der Waals surface area contributed by atoms with Crippen LogP contribution >= 0.6 is 0 Å². The number of hydrogen-bond acceptors (Lipinski definition) is 3. The zero-order chi connectivity index (χ0) is 10.5. The molecule has 0 saturated carbocycles. The van der Waals surface area contributed by atoms with Crippen molar-refractivity contribution in [1.82, 2.24) is 0 Å². The second-order valence-corrected chi connectivity index (χ2v) is 3.45. The Bertz CT molecular complexity index is 168. The van der Waals surface area contributed by atoms with Crippen molar-refractivity contribution in [2.45, 2.75) is 45.6 Å². The lowest BCUT2D eigenvalue weighted by atomic mass is 9.83. The lowest BCUT2D eigenvalue weighted by molar-refractivity contribution is -0.155. The minimum absolute atomic E-state index is 0.335. The van der Waals surface area contributed by atoms with Crippen molar-refractivity contribution < 1.29 is 14.6 Å². The highest BCUT2D eigenvalue weighted by Crippen LogP contribution is 2.27. The van der Waals surface area contributed by atoms with E-state index in [0.717, 1.165) is 6.42 Å². The van der Waals surface area contributed by atoms with Crippen LogP contribution in [0.3, 0.4) is 0 Å². The van der Waals surface area contributed by atoms with Crippen LogP contribution in [-0.2, 0) is 9.53 Å². The Labute approximate surface area is 80.1 Å². The van der Waals surface area contributed by atoms with Gasteiger partial charge in [0.15, 0.2) is 0 Å². The second kappa shape index (κ2) is 5.22. The van der Waals surface area contributed by atoms with Crippen molar-refractivity contribution in [3.63, 3.8) is 0 Å². The summed E-state index contributed by atoms with van der Waals surface area (Å²) >= 11 is 0. The van der Waals surface area contributed by atoms with Crippen molar-refractivity contribution >= 4 is 5.97 Å². The van der Waals surface area contributed by atoms with E-state index in [1.807, 2.05) is 13.8 Å². The fraction of sp³-hybridized carbons (Fsp3) is 0.900. The van der Waals surface area contributed by atoms with Crippen molar-refractivity contribution in [2.24, 2.45) is 5.92 Å². The molecule has 78 valence electrons. The summed E-state index contributed by atoms with van der Waals surface area (Å²) < 4.78 is 4.61. The molecule has 0 amide bonds. The number of carbonyl (C=O) groups excluding carboxylic acids is 1. The molecule has 0 aromatic carbocycles. The van der Waals surface area contributed by atoms with Gasteiger partial charge in [0.25, 0.3) is 0 Å². The quantitative estimate of drug-likeness (QED) is 0.668. The molecule has 0 spiro atoms. The summed E-state index contributed by atoms with van der Waals surface area (Å²) in [5.41, 5.74) is -0.901. The first-order valence-corrected chi connectivity index (χ1v) is 4.82. The molecule has 0 aliphatic carbocycles. The van der Waals surface area contributed by atoms with Gasteiger partial charge in [-0.1, -0.05) is 20.3 Å². The first-order chi connectivity index (χ1) is 6.01. The molecule has 0 radical (unpaired) electrons. The number of hydrogen-bond donors (Lipinski definition) is 1. The van der Waals surface area contributed by atoms with E-state index in [4.69, 9.17) is 0 Å². The summed E-state index contributed by atoms with van der Waals surface area (Å²) in [6.45, 7) is 5.59. The van der Waals surface area contributed by atoms with Gasteiger partial charge in [0, 0.05) is 0 Å². The molecule has 0 rings (SSSR count). The van der Waals surface area contributed by atoms with E-state index in [9.17, 15) is 9.90 Å². The summed E-state index contributed by atoms with van der Waals surface area (Å²) in [6, 6.07) is 0. The summed E-state index contributed by atoms with van der Waals surface area (Å²) in [7, 11) is 1.35. The number of methoxy groups -OCH3 is 1. The summed E-state index contributed by atoms with van der Waals surface area (Å²) in [4.78, 5) is 11.2. The maximum Gasteiger partial charge on any atom is 0.311 e. The fourth-order valence-electron chi connectivity index (χ4n) is 1.53. The topological polar surface area (TPSA) is 46.5 Å². The number of ether oxygens (including phenoxy) is 1. The van der Waals surface area contributed by atoms with Crippen LogP contribution < -0.4 is 0 Å². The Morgan fingerprint density at radius 2 is 2.08 bits per heavy atom. The van der Waals surface area contributed by atoms with E-state index < -0.39 is 11.5 Å². The van der Waals surface area contributed by atoms with E-state index in [-0.39, 0.29) is 5.97 Å². The number of rotatable bonds is 5. The van der Waals surface area contributed by atoms with Gasteiger partial charge in [-0.3, -0.25) is 4.79 Å². The summed E-state index contributed by atoms with van der Waals surface area (Å²) in [5, 5.41) is 10.1. The average Bonchev–Trinajstić information content (AvgIpc) is 2.15. The van der Waals surface area contributed by atoms with Crippen LogP contribution in [0.2, 0.25) is 0 Å². The number of carbonyl (C=O) groups is 1. The third-order valence-electron chi connectivity index (χ3n) is 2.66. The third kappa shape index (κ3) is 2.99. The maximum atomic E-state index is 11.2. The lowest BCUT2D eigenvalue weighted by Gasteiger charge is -2.31. The SMILES string of the molecule is CCCC(O)(CC)C(C)C(=O)OC. The predicted octanol–water partition coefficient (Wildman–Crippen LogP) is 1.74. The molecule has 2 atom stereocenters. The normalized spacial score (nSPS) is 17.6. The van der Waals surface area contributed by atoms with Crippen LogP contribution in [0.25, 0.3) is 0 Å². The van der Waals surface area contributed by atoms with Gasteiger partial charge < -0.3 is 9.84 Å². The highest BCUT2D eigenvalue weighted by Gasteiger charge is 2.36. The molecular weight excluding hydrogens is 168 g/mol. The lowest BCUT2D eigenvalue weighted by Crippen LogP contribution is -2.40. The number of aliphatic hydroxyl groups is 1. The summed E-state index contributed by atoms with van der Waals surface area (Å²) in [6.07, 6.45) is 2.09. The first-order valence-electron chi connectivity index (χ1n) is 4.82. The van der Waals surface area contributed by atoms with E-state index in [1.165, 1.54) is 7.11 Å². The Balaban J connectivity index is 4.45. The van der Waals surface area contributed by atoms with Crippen LogP contribution in [0.4, 0.5) is 0 Å². The predicted molar refractivity (Wildman–Crippen MR) is 51.3 cm³/mol. The monoisotopic (exact) mass is 188 g/mol. The highest BCUT2D eigenvalue weighted by atomic mass is 16.5. The first kappa shape index (κ1) is 12.4. The molecule has 3 nitrogen and oxygen atoms in total. The van der Waals surface area contributed by atoms with Crippen LogP contribution in [-0.4, -0.2) is 23.8 Å². The van der Waals surface area contributed by atoms with Crippen molar-refractivity contribution in [3.05, 3.63) is 0 Å². The second-order valence-electron chi connectivity index (χ2n) is 3.45. The molecule has 0 heterocycles. The molecule has 0 aliphatic rings. The fourth-order valence-corrected chi connectivity index (χ4v) is 1.53. The van der Waals surface area contributed by atoms with Crippen LogP contribution in [0.1, 0.15) is 40.0 Å². The smallest absolute Gasteiger partial charge is 0.311 e. The Hall–Kier alpha value is -0.570. The molecule has 3 heteroatoms. The van der Waals surface area contributed by atoms with Gasteiger partial charge in [0.1, 0.15) is 0 Å². The van der Waals surface area contributed by atoms with Gasteiger partial charge in [-0.25, -0.2) is 0 Å². The van der Waals surface area contributed by atoms with E-state index in [2.05, 4.69) is 4.74 Å². The van der Waals surface area contributed by atoms with E-state index >= 15 is 0 Å². The molecular formula is C10H20O3. The molecule has 0 aromatic heterocycles. The maximum absolute atomic E-state index is 11.2. The van der Waals surface area contributed by atoms with Crippen molar-refractivity contribution in [2.75, 3.05) is 7.11 Å². The molecule has 0 aromatic rings. The zero-order valence-electron chi connectivity index (χ0n) is 8.96. The van der Waals surface area contributed by atoms with Gasteiger partial charge in [-0.15, -0.1) is 0 Å². The molecule has 0 bridgehead atoms.